The number of hydrogen-bond donors (Lipinski definition) is 0. The highest BCUT2D eigenvalue weighted by Crippen LogP contribution is 2.42. The number of allylic oxidation sites excluding steroid dienone is 1. The van der Waals surface area contributed by atoms with Crippen molar-refractivity contribution in [2.45, 2.75) is 25.4 Å². The molecule has 0 aromatic heterocycles. The molecule has 0 saturated heterocycles. The molecule has 2 bridgehead atoms. The molecule has 0 N–H and O–H groups in total. The summed E-state index contributed by atoms with van der Waals surface area (Å²) in [6.07, 6.45) is 6.05. The lowest BCUT2D eigenvalue weighted by Crippen LogP contribution is -2.47. The molecule has 1 fully saturated rings. The Bertz CT molecular complexity index is 244. The summed E-state index contributed by atoms with van der Waals surface area (Å²) in [5, 5.41) is 0. The molecule has 1 saturated carbocycles. The Balaban J connectivity index is 2.32. The average Bonchev–Trinajstić information content (AvgIpc) is 2.47. The first-order chi connectivity index (χ1) is 5.66. The molecule has 2 aliphatic rings. The van der Waals surface area contributed by atoms with Crippen molar-refractivity contribution in [1.82, 2.24) is 0 Å². The second kappa shape index (κ2) is 2.43. The molecule has 0 aromatic rings. The van der Waals surface area contributed by atoms with E-state index in [9.17, 15) is 4.79 Å². The lowest BCUT2D eigenvalue weighted by molar-refractivity contribution is -0.148. The molecule has 0 aliphatic heterocycles. The van der Waals surface area contributed by atoms with Crippen LogP contribution in [-0.2, 0) is 9.53 Å². The van der Waals surface area contributed by atoms with Crippen LogP contribution in [0.5, 0.6) is 0 Å². The molecule has 0 amide bonds. The predicted molar refractivity (Wildman–Crippen MR) is 45.8 cm³/mol. The second-order valence-corrected chi connectivity index (χ2v) is 3.93. The molecule has 3 atom stereocenters. The quantitative estimate of drug-likeness (QED) is 0.552. The predicted octanol–water partition coefficient (Wildman–Crippen LogP) is 1.56. The summed E-state index contributed by atoms with van der Waals surface area (Å²) in [4.78, 5) is 11.6. The Hall–Kier alpha value is -0.630. The highest BCUT2D eigenvalue weighted by Gasteiger charge is 2.47. The van der Waals surface area contributed by atoms with Crippen LogP contribution in [0.2, 0.25) is 0 Å². The zero-order chi connectivity index (χ0) is 8.77. The summed E-state index contributed by atoms with van der Waals surface area (Å²) in [7, 11) is 1.63. The van der Waals surface area contributed by atoms with Crippen molar-refractivity contribution in [3.05, 3.63) is 12.2 Å². The summed E-state index contributed by atoms with van der Waals surface area (Å²) in [5.41, 5.74) is -0.538. The number of Topliss-reactive ketones (excluding diaryl/α,β-unsaturated/α-hetero) is 1. The lowest BCUT2D eigenvalue weighted by Gasteiger charge is -2.36. The maximum Gasteiger partial charge on any atom is 0.165 e. The Morgan fingerprint density at radius 3 is 3.00 bits per heavy atom. The van der Waals surface area contributed by atoms with Crippen LogP contribution in [0.15, 0.2) is 12.2 Å². The second-order valence-electron chi connectivity index (χ2n) is 3.93. The molecule has 2 nitrogen and oxygen atoms in total. The maximum atomic E-state index is 11.6. The Kier molecular flexibility index (Phi) is 1.62. The van der Waals surface area contributed by atoms with Gasteiger partial charge in [0.2, 0.25) is 0 Å². The van der Waals surface area contributed by atoms with Crippen molar-refractivity contribution in [2.24, 2.45) is 11.8 Å². The van der Waals surface area contributed by atoms with Gasteiger partial charge >= 0.3 is 0 Å². The first-order valence-electron chi connectivity index (χ1n) is 4.43. The zero-order valence-electron chi connectivity index (χ0n) is 7.54. The van der Waals surface area contributed by atoms with E-state index in [-0.39, 0.29) is 5.78 Å². The van der Waals surface area contributed by atoms with Gasteiger partial charge in [-0.1, -0.05) is 12.2 Å². The summed E-state index contributed by atoms with van der Waals surface area (Å²) in [6.45, 7) is 1.91. The third kappa shape index (κ3) is 0.876. The minimum atomic E-state index is -0.538. The minimum absolute atomic E-state index is 0.260. The van der Waals surface area contributed by atoms with Crippen LogP contribution in [0.3, 0.4) is 0 Å². The van der Waals surface area contributed by atoms with Gasteiger partial charge in [0.1, 0.15) is 5.60 Å². The van der Waals surface area contributed by atoms with Crippen LogP contribution >= 0.6 is 0 Å². The summed E-state index contributed by atoms with van der Waals surface area (Å²) < 4.78 is 5.32. The molecule has 0 unspecified atom stereocenters. The van der Waals surface area contributed by atoms with Gasteiger partial charge < -0.3 is 4.74 Å². The molecule has 2 rings (SSSR count). The molecule has 66 valence electrons. The van der Waals surface area contributed by atoms with Crippen LogP contribution in [-0.4, -0.2) is 18.5 Å². The number of fused-ring (bicyclic) bond motifs is 2. The van der Waals surface area contributed by atoms with E-state index in [2.05, 4.69) is 12.2 Å². The van der Waals surface area contributed by atoms with Crippen LogP contribution in [0, 0.1) is 11.8 Å². The SMILES string of the molecule is CO[C@]1(C)C(=O)C[C@@H]2C=C[C@H]1C2. The molecular formula is C10H14O2. The number of carbonyl (C=O) groups excluding carboxylic acids is 1. The number of rotatable bonds is 1. The fourth-order valence-corrected chi connectivity index (χ4v) is 2.25. The first-order valence-corrected chi connectivity index (χ1v) is 4.43. The number of methoxy groups -OCH3 is 1. The minimum Gasteiger partial charge on any atom is -0.370 e. The number of hydrogen-bond acceptors (Lipinski definition) is 2. The fourth-order valence-electron chi connectivity index (χ4n) is 2.25. The van der Waals surface area contributed by atoms with Gasteiger partial charge in [0.25, 0.3) is 0 Å². The summed E-state index contributed by atoms with van der Waals surface area (Å²) in [6, 6.07) is 0. The van der Waals surface area contributed by atoms with E-state index in [1.807, 2.05) is 6.92 Å². The van der Waals surface area contributed by atoms with E-state index in [4.69, 9.17) is 4.74 Å². The van der Waals surface area contributed by atoms with Crippen molar-refractivity contribution in [1.29, 1.82) is 0 Å². The molecule has 0 spiro atoms. The highest BCUT2D eigenvalue weighted by atomic mass is 16.5. The Morgan fingerprint density at radius 1 is 1.58 bits per heavy atom. The molecule has 12 heavy (non-hydrogen) atoms. The van der Waals surface area contributed by atoms with Crippen molar-refractivity contribution < 1.29 is 9.53 Å². The van der Waals surface area contributed by atoms with Crippen molar-refractivity contribution >= 4 is 5.78 Å². The van der Waals surface area contributed by atoms with Crippen molar-refractivity contribution in [3.8, 4) is 0 Å². The van der Waals surface area contributed by atoms with Gasteiger partial charge in [-0.05, 0) is 19.3 Å². The van der Waals surface area contributed by atoms with Crippen LogP contribution in [0.1, 0.15) is 19.8 Å². The van der Waals surface area contributed by atoms with Gasteiger partial charge in [0.05, 0.1) is 0 Å². The van der Waals surface area contributed by atoms with E-state index in [0.717, 1.165) is 6.42 Å². The lowest BCUT2D eigenvalue weighted by atomic mass is 9.75. The standard InChI is InChI=1S/C10H14O2/c1-10(12-2)8-4-3-7(5-8)6-9(10)11/h3-4,7-8H,5-6H2,1-2H3/t7-,8+,10+/m1/s1. The normalized spacial score (nSPS) is 45.3. The smallest absolute Gasteiger partial charge is 0.165 e. The topological polar surface area (TPSA) is 26.3 Å². The van der Waals surface area contributed by atoms with Gasteiger partial charge in [-0.25, -0.2) is 0 Å². The van der Waals surface area contributed by atoms with Gasteiger partial charge in [-0.15, -0.1) is 0 Å². The third-order valence-electron chi connectivity index (χ3n) is 3.31. The van der Waals surface area contributed by atoms with E-state index in [1.165, 1.54) is 0 Å². The van der Waals surface area contributed by atoms with Gasteiger partial charge in [-0.2, -0.15) is 0 Å². The Labute approximate surface area is 72.6 Å². The van der Waals surface area contributed by atoms with E-state index in [1.54, 1.807) is 7.11 Å². The maximum absolute atomic E-state index is 11.6. The van der Waals surface area contributed by atoms with E-state index in [0.29, 0.717) is 18.3 Å². The molecule has 0 radical (unpaired) electrons. The molecule has 2 heteroatoms. The van der Waals surface area contributed by atoms with Gasteiger partial charge in [0, 0.05) is 19.4 Å². The molecule has 0 heterocycles. The van der Waals surface area contributed by atoms with E-state index < -0.39 is 5.60 Å². The summed E-state index contributed by atoms with van der Waals surface area (Å²) >= 11 is 0. The monoisotopic (exact) mass is 166 g/mol. The van der Waals surface area contributed by atoms with Crippen molar-refractivity contribution in [3.63, 3.8) is 0 Å². The average molecular weight is 166 g/mol. The van der Waals surface area contributed by atoms with Crippen LogP contribution < -0.4 is 0 Å². The number of ether oxygens (including phenoxy) is 1. The number of ketones is 1. The molecule has 0 aromatic carbocycles. The van der Waals surface area contributed by atoms with Crippen molar-refractivity contribution in [2.75, 3.05) is 7.11 Å². The third-order valence-corrected chi connectivity index (χ3v) is 3.31. The number of carbonyl (C=O) groups is 1. The van der Waals surface area contributed by atoms with Gasteiger partial charge in [0.15, 0.2) is 5.78 Å². The molecular weight excluding hydrogens is 152 g/mol. The van der Waals surface area contributed by atoms with Crippen LogP contribution in [0.25, 0.3) is 0 Å². The first kappa shape index (κ1) is 7.99. The van der Waals surface area contributed by atoms with Gasteiger partial charge in [-0.3, -0.25) is 4.79 Å². The largest absolute Gasteiger partial charge is 0.370 e. The Morgan fingerprint density at radius 2 is 2.33 bits per heavy atom. The zero-order valence-corrected chi connectivity index (χ0v) is 7.54. The highest BCUT2D eigenvalue weighted by molar-refractivity contribution is 5.89. The fraction of sp³-hybridized carbons (Fsp3) is 0.700. The van der Waals surface area contributed by atoms with Crippen LogP contribution in [0.4, 0.5) is 0 Å². The molecule has 2 aliphatic carbocycles. The van der Waals surface area contributed by atoms with E-state index >= 15 is 0 Å². The summed E-state index contributed by atoms with van der Waals surface area (Å²) in [5.74, 6) is 1.07.